The van der Waals surface area contributed by atoms with E-state index in [0.717, 1.165) is 5.56 Å². The average Bonchev–Trinajstić information content (AvgIpc) is 2.41. The second-order valence-electron chi connectivity index (χ2n) is 4.54. The molecule has 110 valence electrons. The minimum atomic E-state index is -3.79. The summed E-state index contributed by atoms with van der Waals surface area (Å²) < 4.78 is 22.5. The Morgan fingerprint density at radius 2 is 1.76 bits per heavy atom. The fraction of sp³-hybridized carbons (Fsp3) is 0.0714. The zero-order valence-corrected chi connectivity index (χ0v) is 11.9. The second-order valence-corrected chi connectivity index (χ2v) is 6.10. The molecule has 0 saturated carbocycles. The Kier molecular flexibility index (Phi) is 4.25. The Hall–Kier alpha value is -2.38. The van der Waals surface area contributed by atoms with Crippen molar-refractivity contribution in [3.05, 3.63) is 54.1 Å². The number of amides is 1. The highest BCUT2D eigenvalue weighted by Gasteiger charge is 2.09. The Bertz CT molecular complexity index is 755. The Morgan fingerprint density at radius 1 is 1.10 bits per heavy atom. The van der Waals surface area contributed by atoms with Crippen LogP contribution in [-0.4, -0.2) is 14.3 Å². The minimum Gasteiger partial charge on any atom is -0.399 e. The standard InChI is InChI=1S/C14H15N3O3S/c15-11-6-4-10(5-7-11)8-14(18)17-12-2-1-3-13(9-12)21(16,19)20/h1-7,9H,8,15H2,(H,17,18)(H2,16,19,20). The predicted molar refractivity (Wildman–Crippen MR) is 81.0 cm³/mol. The van der Waals surface area contributed by atoms with Crippen molar-refractivity contribution >= 4 is 27.3 Å². The molecule has 0 spiro atoms. The summed E-state index contributed by atoms with van der Waals surface area (Å²) in [6.45, 7) is 0. The van der Waals surface area contributed by atoms with Crippen molar-refractivity contribution in [2.75, 3.05) is 11.1 Å². The van der Waals surface area contributed by atoms with Crippen LogP contribution >= 0.6 is 0 Å². The number of nitrogen functional groups attached to an aromatic ring is 1. The number of primary sulfonamides is 1. The second kappa shape index (κ2) is 5.94. The molecule has 2 aromatic carbocycles. The normalized spacial score (nSPS) is 11.1. The van der Waals surface area contributed by atoms with Crippen molar-refractivity contribution in [1.82, 2.24) is 0 Å². The van der Waals surface area contributed by atoms with Gasteiger partial charge in [0.15, 0.2) is 0 Å². The van der Waals surface area contributed by atoms with Gasteiger partial charge in [0.05, 0.1) is 11.3 Å². The Balaban J connectivity index is 2.08. The van der Waals surface area contributed by atoms with Gasteiger partial charge in [0.1, 0.15) is 0 Å². The zero-order valence-electron chi connectivity index (χ0n) is 11.1. The third-order valence-electron chi connectivity index (χ3n) is 2.79. The number of carbonyl (C=O) groups excluding carboxylic acids is 1. The number of nitrogens with two attached hydrogens (primary N) is 2. The number of benzene rings is 2. The molecule has 0 aromatic heterocycles. The molecule has 0 bridgehead atoms. The number of carbonyl (C=O) groups is 1. The van der Waals surface area contributed by atoms with E-state index in [2.05, 4.69) is 5.32 Å². The number of rotatable bonds is 4. The highest BCUT2D eigenvalue weighted by Crippen LogP contribution is 2.14. The molecular weight excluding hydrogens is 290 g/mol. The smallest absolute Gasteiger partial charge is 0.238 e. The zero-order chi connectivity index (χ0) is 15.5. The highest BCUT2D eigenvalue weighted by molar-refractivity contribution is 7.89. The fourth-order valence-electron chi connectivity index (χ4n) is 1.78. The lowest BCUT2D eigenvalue weighted by atomic mass is 10.1. The van der Waals surface area contributed by atoms with Gasteiger partial charge in [-0.15, -0.1) is 0 Å². The number of hydrogen-bond acceptors (Lipinski definition) is 4. The molecule has 0 heterocycles. The van der Waals surface area contributed by atoms with E-state index in [9.17, 15) is 13.2 Å². The van der Waals surface area contributed by atoms with E-state index in [-0.39, 0.29) is 17.2 Å². The third-order valence-corrected chi connectivity index (χ3v) is 3.70. The quantitative estimate of drug-likeness (QED) is 0.733. The van der Waals surface area contributed by atoms with E-state index < -0.39 is 10.0 Å². The van der Waals surface area contributed by atoms with E-state index in [4.69, 9.17) is 10.9 Å². The molecule has 7 heteroatoms. The summed E-state index contributed by atoms with van der Waals surface area (Å²) in [7, 11) is -3.79. The van der Waals surface area contributed by atoms with Gasteiger partial charge in [0.25, 0.3) is 0 Å². The molecule has 0 aliphatic carbocycles. The van der Waals surface area contributed by atoms with Crippen LogP contribution in [-0.2, 0) is 21.2 Å². The molecular formula is C14H15N3O3S. The van der Waals surface area contributed by atoms with E-state index in [1.165, 1.54) is 18.2 Å². The topological polar surface area (TPSA) is 115 Å². The molecule has 0 saturated heterocycles. The van der Waals surface area contributed by atoms with E-state index >= 15 is 0 Å². The average molecular weight is 305 g/mol. The lowest BCUT2D eigenvalue weighted by molar-refractivity contribution is -0.115. The van der Waals surface area contributed by atoms with Crippen LogP contribution in [0, 0.1) is 0 Å². The summed E-state index contributed by atoms with van der Waals surface area (Å²) in [5.74, 6) is -0.258. The first-order chi connectivity index (χ1) is 9.84. The summed E-state index contributed by atoms with van der Waals surface area (Å²) in [4.78, 5) is 11.9. The largest absolute Gasteiger partial charge is 0.399 e. The van der Waals surface area contributed by atoms with Crippen molar-refractivity contribution in [3.8, 4) is 0 Å². The van der Waals surface area contributed by atoms with Crippen molar-refractivity contribution in [1.29, 1.82) is 0 Å². The van der Waals surface area contributed by atoms with Crippen LogP contribution < -0.4 is 16.2 Å². The summed E-state index contributed by atoms with van der Waals surface area (Å²) in [5, 5.41) is 7.67. The lowest BCUT2D eigenvalue weighted by Crippen LogP contribution is -2.16. The monoisotopic (exact) mass is 305 g/mol. The summed E-state index contributed by atoms with van der Waals surface area (Å²) in [6.07, 6.45) is 0.167. The van der Waals surface area contributed by atoms with Gasteiger partial charge in [-0.1, -0.05) is 18.2 Å². The Morgan fingerprint density at radius 3 is 2.38 bits per heavy atom. The van der Waals surface area contributed by atoms with Crippen molar-refractivity contribution < 1.29 is 13.2 Å². The molecule has 2 aromatic rings. The number of sulfonamides is 1. The van der Waals surface area contributed by atoms with Crippen molar-refractivity contribution in [2.45, 2.75) is 11.3 Å². The first-order valence-electron chi connectivity index (χ1n) is 6.12. The van der Waals surface area contributed by atoms with Crippen LogP contribution in [0.1, 0.15) is 5.56 Å². The SMILES string of the molecule is Nc1ccc(CC(=O)Nc2cccc(S(N)(=O)=O)c2)cc1. The van der Waals surface area contributed by atoms with E-state index in [1.807, 2.05) is 0 Å². The van der Waals surface area contributed by atoms with Crippen molar-refractivity contribution in [3.63, 3.8) is 0 Å². The predicted octanol–water partition coefficient (Wildman–Crippen LogP) is 1.10. The third kappa shape index (κ3) is 4.30. The van der Waals surface area contributed by atoms with E-state index in [0.29, 0.717) is 11.4 Å². The van der Waals surface area contributed by atoms with Crippen LogP contribution in [0.5, 0.6) is 0 Å². The van der Waals surface area contributed by atoms with E-state index in [1.54, 1.807) is 30.3 Å². The molecule has 21 heavy (non-hydrogen) atoms. The van der Waals surface area contributed by atoms with Crippen LogP contribution in [0.3, 0.4) is 0 Å². The van der Waals surface area contributed by atoms with Gasteiger partial charge in [-0.3, -0.25) is 4.79 Å². The maximum atomic E-state index is 11.9. The van der Waals surface area contributed by atoms with Crippen LogP contribution in [0.15, 0.2) is 53.4 Å². The molecule has 0 aliphatic rings. The maximum Gasteiger partial charge on any atom is 0.238 e. The molecule has 0 unspecified atom stereocenters. The molecule has 0 aliphatic heterocycles. The molecule has 2 rings (SSSR count). The minimum absolute atomic E-state index is 0.0483. The van der Waals surface area contributed by atoms with Crippen LogP contribution in [0.25, 0.3) is 0 Å². The first kappa shape index (κ1) is 15.0. The fourth-order valence-corrected chi connectivity index (χ4v) is 2.34. The lowest BCUT2D eigenvalue weighted by Gasteiger charge is -2.07. The maximum absolute atomic E-state index is 11.9. The summed E-state index contributed by atoms with van der Waals surface area (Å²) in [5.41, 5.74) is 7.38. The van der Waals surface area contributed by atoms with Gasteiger partial charge in [0.2, 0.25) is 15.9 Å². The molecule has 1 amide bonds. The number of hydrogen-bond donors (Lipinski definition) is 3. The van der Waals surface area contributed by atoms with Gasteiger partial charge in [-0.25, -0.2) is 13.6 Å². The molecule has 0 fully saturated rings. The van der Waals surface area contributed by atoms with Gasteiger partial charge in [-0.2, -0.15) is 0 Å². The molecule has 5 N–H and O–H groups in total. The molecule has 0 radical (unpaired) electrons. The summed E-state index contributed by atoms with van der Waals surface area (Å²) >= 11 is 0. The number of anilines is 2. The van der Waals surface area contributed by atoms with Gasteiger partial charge >= 0.3 is 0 Å². The van der Waals surface area contributed by atoms with Crippen LogP contribution in [0.4, 0.5) is 11.4 Å². The molecule has 0 atom stereocenters. The molecule has 6 nitrogen and oxygen atoms in total. The van der Waals surface area contributed by atoms with Crippen molar-refractivity contribution in [2.24, 2.45) is 5.14 Å². The van der Waals surface area contributed by atoms with Gasteiger partial charge < -0.3 is 11.1 Å². The van der Waals surface area contributed by atoms with Gasteiger partial charge in [-0.05, 0) is 35.9 Å². The highest BCUT2D eigenvalue weighted by atomic mass is 32.2. The summed E-state index contributed by atoms with van der Waals surface area (Å²) in [6, 6.07) is 12.7. The van der Waals surface area contributed by atoms with Crippen LogP contribution in [0.2, 0.25) is 0 Å². The Labute approximate surface area is 122 Å². The van der Waals surface area contributed by atoms with Gasteiger partial charge in [0, 0.05) is 11.4 Å². The first-order valence-corrected chi connectivity index (χ1v) is 7.66. The number of nitrogens with one attached hydrogen (secondary N) is 1.